The molecule has 1 aliphatic carbocycles. The van der Waals surface area contributed by atoms with E-state index >= 15 is 0 Å². The first-order valence-corrected chi connectivity index (χ1v) is 12.5. The van der Waals surface area contributed by atoms with Gasteiger partial charge in [-0.05, 0) is 60.4 Å². The molecular formula is C27H33F3N2OS. The SMILES string of the molecule is CCC(=NOCc1ccc(C(F)(F)F)cc1)c1ccc(CCC(=S)NCC2CCCCC2)cc1. The van der Waals surface area contributed by atoms with Gasteiger partial charge in [-0.2, -0.15) is 13.2 Å². The van der Waals surface area contributed by atoms with Crippen molar-refractivity contribution in [3.8, 4) is 0 Å². The second-order valence-corrected chi connectivity index (χ2v) is 9.36. The van der Waals surface area contributed by atoms with E-state index in [4.69, 9.17) is 17.1 Å². The Morgan fingerprint density at radius 3 is 2.26 bits per heavy atom. The van der Waals surface area contributed by atoms with Gasteiger partial charge in [-0.1, -0.05) is 80.0 Å². The maximum atomic E-state index is 12.7. The highest BCUT2D eigenvalue weighted by Gasteiger charge is 2.29. The van der Waals surface area contributed by atoms with E-state index in [0.29, 0.717) is 12.0 Å². The van der Waals surface area contributed by atoms with Gasteiger partial charge in [-0.25, -0.2) is 0 Å². The molecule has 7 heteroatoms. The average molecular weight is 491 g/mol. The minimum absolute atomic E-state index is 0.116. The number of halogens is 3. The van der Waals surface area contributed by atoms with Gasteiger partial charge in [0.15, 0.2) is 0 Å². The molecule has 1 N–H and O–H groups in total. The van der Waals surface area contributed by atoms with Crippen LogP contribution < -0.4 is 5.32 Å². The summed E-state index contributed by atoms with van der Waals surface area (Å²) in [5.74, 6) is 0.763. The predicted molar refractivity (Wildman–Crippen MR) is 135 cm³/mol. The Labute approximate surface area is 205 Å². The number of rotatable bonds is 10. The Kier molecular flexibility index (Phi) is 9.93. The lowest BCUT2D eigenvalue weighted by molar-refractivity contribution is -0.137. The summed E-state index contributed by atoms with van der Waals surface area (Å²) in [7, 11) is 0. The lowest BCUT2D eigenvalue weighted by Crippen LogP contribution is -2.29. The normalized spacial score (nSPS) is 15.2. The minimum Gasteiger partial charge on any atom is -0.391 e. The zero-order valence-corrected chi connectivity index (χ0v) is 20.5. The average Bonchev–Trinajstić information content (AvgIpc) is 2.85. The van der Waals surface area contributed by atoms with Crippen LogP contribution in [-0.2, 0) is 24.0 Å². The van der Waals surface area contributed by atoms with Crippen LogP contribution >= 0.6 is 12.2 Å². The van der Waals surface area contributed by atoms with Gasteiger partial charge in [0.05, 0.1) is 16.3 Å². The van der Waals surface area contributed by atoms with Gasteiger partial charge in [0, 0.05) is 13.0 Å². The van der Waals surface area contributed by atoms with Crippen LogP contribution in [-0.4, -0.2) is 17.2 Å². The summed E-state index contributed by atoms with van der Waals surface area (Å²) in [6.45, 7) is 3.11. The molecule has 0 radical (unpaired) electrons. The van der Waals surface area contributed by atoms with Gasteiger partial charge in [-0.15, -0.1) is 0 Å². The molecule has 3 rings (SSSR count). The molecule has 0 aromatic heterocycles. The molecule has 0 spiro atoms. The maximum Gasteiger partial charge on any atom is 0.416 e. The van der Waals surface area contributed by atoms with E-state index < -0.39 is 11.7 Å². The first-order valence-electron chi connectivity index (χ1n) is 12.1. The van der Waals surface area contributed by atoms with Crippen LogP contribution in [0.25, 0.3) is 0 Å². The third-order valence-corrected chi connectivity index (χ3v) is 6.61. The Morgan fingerprint density at radius 2 is 1.65 bits per heavy atom. The zero-order chi connectivity index (χ0) is 24.4. The van der Waals surface area contributed by atoms with Crippen molar-refractivity contribution < 1.29 is 18.0 Å². The van der Waals surface area contributed by atoms with Crippen LogP contribution in [0.2, 0.25) is 0 Å². The van der Waals surface area contributed by atoms with E-state index in [1.807, 2.05) is 19.1 Å². The van der Waals surface area contributed by atoms with Crippen molar-refractivity contribution in [2.45, 2.75) is 71.1 Å². The number of nitrogens with zero attached hydrogens (tertiary/aromatic N) is 1. The number of aryl methyl sites for hydroxylation is 1. The molecular weight excluding hydrogens is 457 g/mol. The van der Waals surface area contributed by atoms with Crippen LogP contribution in [0.1, 0.15) is 74.1 Å². The fourth-order valence-electron chi connectivity index (χ4n) is 4.16. The quantitative estimate of drug-likeness (QED) is 0.213. The molecule has 2 aromatic rings. The lowest BCUT2D eigenvalue weighted by atomic mass is 9.89. The Bertz CT molecular complexity index is 934. The number of hydrogen-bond acceptors (Lipinski definition) is 3. The molecule has 184 valence electrons. The molecule has 3 nitrogen and oxygen atoms in total. The van der Waals surface area contributed by atoms with Crippen LogP contribution in [0.3, 0.4) is 0 Å². The standard InChI is InChI=1S/C27H33F3N2OS/c1-2-25(32-33-19-22-10-15-24(16-11-22)27(28,29)30)23-13-8-20(9-14-23)12-17-26(34)31-18-21-6-4-3-5-7-21/h8-11,13-16,21H,2-7,12,17-19H2,1H3,(H,31,34). The molecule has 0 bridgehead atoms. The van der Waals surface area contributed by atoms with E-state index in [9.17, 15) is 13.2 Å². The Balaban J connectivity index is 1.45. The smallest absolute Gasteiger partial charge is 0.391 e. The van der Waals surface area contributed by atoms with E-state index in [-0.39, 0.29) is 6.61 Å². The van der Waals surface area contributed by atoms with Crippen molar-refractivity contribution in [3.63, 3.8) is 0 Å². The van der Waals surface area contributed by atoms with Gasteiger partial charge < -0.3 is 10.2 Å². The molecule has 0 amide bonds. The van der Waals surface area contributed by atoms with E-state index in [1.54, 1.807) is 0 Å². The fourth-order valence-corrected chi connectivity index (χ4v) is 4.34. The number of oxime groups is 1. The summed E-state index contributed by atoms with van der Waals surface area (Å²) in [6, 6.07) is 13.1. The molecule has 0 saturated heterocycles. The third kappa shape index (κ3) is 8.42. The molecule has 0 unspecified atom stereocenters. The largest absolute Gasteiger partial charge is 0.416 e. The molecule has 0 heterocycles. The first-order chi connectivity index (χ1) is 16.3. The number of alkyl halides is 3. The lowest BCUT2D eigenvalue weighted by Gasteiger charge is -2.22. The second kappa shape index (κ2) is 12.9. The molecule has 2 aromatic carbocycles. The van der Waals surface area contributed by atoms with Crippen molar-refractivity contribution in [1.29, 1.82) is 0 Å². The molecule has 1 aliphatic rings. The molecule has 1 saturated carbocycles. The van der Waals surface area contributed by atoms with Crippen molar-refractivity contribution in [2.24, 2.45) is 11.1 Å². The highest BCUT2D eigenvalue weighted by atomic mass is 32.1. The minimum atomic E-state index is -4.34. The first kappa shape index (κ1) is 26.2. The summed E-state index contributed by atoms with van der Waals surface area (Å²) in [6.07, 6.45) is 4.75. The van der Waals surface area contributed by atoms with Crippen molar-refractivity contribution in [1.82, 2.24) is 5.32 Å². The Hall–Kier alpha value is -2.41. The highest BCUT2D eigenvalue weighted by Crippen LogP contribution is 2.29. The third-order valence-electron chi connectivity index (χ3n) is 6.26. The highest BCUT2D eigenvalue weighted by molar-refractivity contribution is 7.80. The maximum absolute atomic E-state index is 12.7. The van der Waals surface area contributed by atoms with Crippen LogP contribution in [0.5, 0.6) is 0 Å². The Morgan fingerprint density at radius 1 is 1.00 bits per heavy atom. The summed E-state index contributed by atoms with van der Waals surface area (Å²) < 4.78 is 38.0. The van der Waals surface area contributed by atoms with Gasteiger partial charge in [0.2, 0.25) is 0 Å². The molecule has 0 aliphatic heterocycles. The van der Waals surface area contributed by atoms with E-state index in [1.165, 1.54) is 49.8 Å². The van der Waals surface area contributed by atoms with E-state index in [2.05, 4.69) is 22.6 Å². The molecule has 34 heavy (non-hydrogen) atoms. The molecule has 0 atom stereocenters. The van der Waals surface area contributed by atoms with Crippen molar-refractivity contribution in [2.75, 3.05) is 6.54 Å². The molecule has 1 fully saturated rings. The van der Waals surface area contributed by atoms with E-state index in [0.717, 1.165) is 53.7 Å². The van der Waals surface area contributed by atoms with Crippen LogP contribution in [0.4, 0.5) is 13.2 Å². The summed E-state index contributed by atoms with van der Waals surface area (Å²) in [5.41, 5.74) is 2.94. The van der Waals surface area contributed by atoms with Gasteiger partial charge >= 0.3 is 6.18 Å². The fraction of sp³-hybridized carbons (Fsp3) is 0.481. The van der Waals surface area contributed by atoms with Gasteiger partial charge in [0.25, 0.3) is 0 Å². The van der Waals surface area contributed by atoms with Crippen LogP contribution in [0.15, 0.2) is 53.7 Å². The summed E-state index contributed by atoms with van der Waals surface area (Å²) in [5, 5.41) is 7.66. The zero-order valence-electron chi connectivity index (χ0n) is 19.7. The topological polar surface area (TPSA) is 33.6 Å². The van der Waals surface area contributed by atoms with Gasteiger partial charge in [0.1, 0.15) is 6.61 Å². The summed E-state index contributed by atoms with van der Waals surface area (Å²) >= 11 is 5.52. The number of thiocarbonyl (C=S) groups is 1. The monoisotopic (exact) mass is 490 g/mol. The number of benzene rings is 2. The van der Waals surface area contributed by atoms with Gasteiger partial charge in [-0.3, -0.25) is 0 Å². The van der Waals surface area contributed by atoms with Crippen LogP contribution in [0, 0.1) is 5.92 Å². The number of hydrogen-bond donors (Lipinski definition) is 1. The number of nitrogens with one attached hydrogen (secondary N) is 1. The second-order valence-electron chi connectivity index (χ2n) is 8.86. The van der Waals surface area contributed by atoms with Crippen molar-refractivity contribution in [3.05, 3.63) is 70.8 Å². The predicted octanol–water partition coefficient (Wildman–Crippen LogP) is 7.47. The van der Waals surface area contributed by atoms with Crippen molar-refractivity contribution >= 4 is 22.9 Å². The summed E-state index contributed by atoms with van der Waals surface area (Å²) in [4.78, 5) is 6.35.